The maximum absolute atomic E-state index is 12.1. The lowest BCUT2D eigenvalue weighted by Crippen LogP contribution is -2.29. The van der Waals surface area contributed by atoms with Gasteiger partial charge in [-0.3, -0.25) is 14.9 Å². The van der Waals surface area contributed by atoms with Gasteiger partial charge in [-0.15, -0.1) is 0 Å². The fraction of sp³-hybridized carbons (Fsp3) is 0.357. The SMILES string of the molecule is C/C=C(/C(=O)N(C)C)[C@@H](C[N+](=O)[O-])c1ccccc1. The standard InChI is InChI=1S/C14H18N2O3/c1-4-12(14(17)15(2)3)13(10-16(18)19)11-8-6-5-7-9-11/h4-9,13H,10H2,1-3H3/b12-4+/t13-/m0/s1. The van der Waals surface area contributed by atoms with Crippen molar-refractivity contribution in [3.8, 4) is 0 Å². The first kappa shape index (κ1) is 14.9. The zero-order valence-corrected chi connectivity index (χ0v) is 11.4. The van der Waals surface area contributed by atoms with E-state index in [-0.39, 0.29) is 17.4 Å². The number of hydrogen-bond acceptors (Lipinski definition) is 3. The van der Waals surface area contributed by atoms with Crippen LogP contribution in [0.25, 0.3) is 0 Å². The maximum atomic E-state index is 12.1. The molecule has 0 saturated heterocycles. The van der Waals surface area contributed by atoms with Crippen LogP contribution in [0.15, 0.2) is 42.0 Å². The summed E-state index contributed by atoms with van der Waals surface area (Å²) in [5.41, 5.74) is 1.23. The molecule has 1 atom stereocenters. The maximum Gasteiger partial charge on any atom is 0.249 e. The molecule has 0 spiro atoms. The third-order valence-electron chi connectivity index (χ3n) is 2.87. The molecule has 0 unspecified atom stereocenters. The second kappa shape index (κ2) is 6.68. The van der Waals surface area contributed by atoms with Crippen LogP contribution >= 0.6 is 0 Å². The summed E-state index contributed by atoms with van der Waals surface area (Å²) in [6, 6.07) is 9.09. The summed E-state index contributed by atoms with van der Waals surface area (Å²) >= 11 is 0. The van der Waals surface area contributed by atoms with E-state index in [1.807, 2.05) is 18.2 Å². The van der Waals surface area contributed by atoms with Gasteiger partial charge in [0, 0.05) is 24.6 Å². The Bertz CT molecular complexity index is 481. The fourth-order valence-corrected chi connectivity index (χ4v) is 1.95. The monoisotopic (exact) mass is 262 g/mol. The lowest BCUT2D eigenvalue weighted by molar-refractivity contribution is -0.481. The average molecular weight is 262 g/mol. The molecule has 5 nitrogen and oxygen atoms in total. The minimum absolute atomic E-state index is 0.196. The van der Waals surface area contributed by atoms with Gasteiger partial charge < -0.3 is 4.90 Å². The van der Waals surface area contributed by atoms with Gasteiger partial charge >= 0.3 is 0 Å². The predicted molar refractivity (Wildman–Crippen MR) is 73.5 cm³/mol. The van der Waals surface area contributed by atoms with Gasteiger partial charge in [0.05, 0.1) is 5.92 Å². The van der Waals surface area contributed by atoms with Crippen LogP contribution in [0.2, 0.25) is 0 Å². The summed E-state index contributed by atoms with van der Waals surface area (Å²) in [4.78, 5) is 24.0. The molecule has 0 aliphatic heterocycles. The van der Waals surface area contributed by atoms with Gasteiger partial charge in [-0.2, -0.15) is 0 Å². The molecule has 0 aliphatic carbocycles. The highest BCUT2D eigenvalue weighted by molar-refractivity contribution is 5.94. The topological polar surface area (TPSA) is 63.5 Å². The summed E-state index contributed by atoms with van der Waals surface area (Å²) in [5.74, 6) is -0.714. The molecule has 0 radical (unpaired) electrons. The highest BCUT2D eigenvalue weighted by atomic mass is 16.6. The smallest absolute Gasteiger partial charge is 0.249 e. The van der Waals surface area contributed by atoms with Gasteiger partial charge in [-0.05, 0) is 12.5 Å². The van der Waals surface area contributed by atoms with Crippen molar-refractivity contribution in [3.05, 3.63) is 57.7 Å². The molecule has 1 aromatic carbocycles. The molecule has 0 fully saturated rings. The number of carbonyl (C=O) groups excluding carboxylic acids is 1. The van der Waals surface area contributed by atoms with Crippen molar-refractivity contribution in [2.75, 3.05) is 20.6 Å². The summed E-state index contributed by atoms with van der Waals surface area (Å²) in [6.07, 6.45) is 1.66. The number of benzene rings is 1. The normalized spacial score (nSPS) is 12.9. The Morgan fingerprint density at radius 2 is 1.95 bits per heavy atom. The largest absolute Gasteiger partial charge is 0.345 e. The summed E-state index contributed by atoms with van der Waals surface area (Å²) in [6.45, 7) is 1.44. The van der Waals surface area contributed by atoms with Crippen molar-refractivity contribution < 1.29 is 9.72 Å². The first-order chi connectivity index (χ1) is 8.97. The first-order valence-corrected chi connectivity index (χ1v) is 6.02. The Balaban J connectivity index is 3.16. The number of rotatable bonds is 5. The first-order valence-electron chi connectivity index (χ1n) is 6.02. The third kappa shape index (κ3) is 3.91. The van der Waals surface area contributed by atoms with Gasteiger partial charge in [0.25, 0.3) is 0 Å². The zero-order chi connectivity index (χ0) is 14.4. The van der Waals surface area contributed by atoms with E-state index in [4.69, 9.17) is 0 Å². The van der Waals surface area contributed by atoms with Crippen molar-refractivity contribution in [3.63, 3.8) is 0 Å². The van der Waals surface area contributed by atoms with E-state index in [1.54, 1.807) is 39.2 Å². The highest BCUT2D eigenvalue weighted by Gasteiger charge is 2.27. The molecule has 0 heterocycles. The average Bonchev–Trinajstić information content (AvgIpc) is 2.38. The Hall–Kier alpha value is -2.17. The van der Waals surface area contributed by atoms with E-state index in [0.717, 1.165) is 5.56 Å². The van der Waals surface area contributed by atoms with Crippen LogP contribution in [-0.4, -0.2) is 36.4 Å². The van der Waals surface area contributed by atoms with Crippen molar-refractivity contribution in [2.45, 2.75) is 12.8 Å². The van der Waals surface area contributed by atoms with E-state index >= 15 is 0 Å². The van der Waals surface area contributed by atoms with Gasteiger partial charge in [-0.25, -0.2) is 0 Å². The van der Waals surface area contributed by atoms with Gasteiger partial charge in [-0.1, -0.05) is 36.4 Å². The lowest BCUT2D eigenvalue weighted by atomic mass is 9.90. The molecule has 1 amide bonds. The second-order valence-corrected chi connectivity index (χ2v) is 4.42. The van der Waals surface area contributed by atoms with Crippen LogP contribution in [-0.2, 0) is 4.79 Å². The molecule has 0 aliphatic rings. The number of nitro groups is 1. The Kier molecular flexibility index (Phi) is 5.23. The molecule has 0 N–H and O–H groups in total. The van der Waals surface area contributed by atoms with Gasteiger partial charge in [0.1, 0.15) is 0 Å². The molecule has 0 saturated carbocycles. The van der Waals surface area contributed by atoms with Crippen LogP contribution < -0.4 is 0 Å². The molecule has 102 valence electrons. The molecule has 1 aromatic rings. The number of carbonyl (C=O) groups is 1. The van der Waals surface area contributed by atoms with E-state index in [0.29, 0.717) is 5.57 Å². The minimum Gasteiger partial charge on any atom is -0.345 e. The molecule has 1 rings (SSSR count). The molecular formula is C14H18N2O3. The predicted octanol–water partition coefficient (Wildman–Crippen LogP) is 2.08. The van der Waals surface area contributed by atoms with E-state index in [2.05, 4.69) is 0 Å². The minimum atomic E-state index is -0.518. The van der Waals surface area contributed by atoms with Gasteiger partial charge in [0.15, 0.2) is 0 Å². The van der Waals surface area contributed by atoms with Crippen LogP contribution in [0.3, 0.4) is 0 Å². The fourth-order valence-electron chi connectivity index (χ4n) is 1.95. The summed E-state index contributed by atoms with van der Waals surface area (Å²) in [7, 11) is 3.28. The van der Waals surface area contributed by atoms with Crippen LogP contribution in [0.1, 0.15) is 18.4 Å². The van der Waals surface area contributed by atoms with E-state index in [1.165, 1.54) is 4.90 Å². The molecule has 0 aromatic heterocycles. The number of nitrogens with zero attached hydrogens (tertiary/aromatic N) is 2. The van der Waals surface area contributed by atoms with Gasteiger partial charge in [0.2, 0.25) is 12.5 Å². The number of likely N-dealkylation sites (N-methyl/N-ethyl adjacent to an activating group) is 1. The van der Waals surface area contributed by atoms with Crippen molar-refractivity contribution in [1.82, 2.24) is 4.90 Å². The number of amides is 1. The van der Waals surface area contributed by atoms with Crippen molar-refractivity contribution in [2.24, 2.45) is 0 Å². The van der Waals surface area contributed by atoms with Crippen LogP contribution in [0.5, 0.6) is 0 Å². The molecular weight excluding hydrogens is 244 g/mol. The van der Waals surface area contributed by atoms with Crippen molar-refractivity contribution >= 4 is 5.91 Å². The van der Waals surface area contributed by atoms with Crippen LogP contribution in [0.4, 0.5) is 0 Å². The zero-order valence-electron chi connectivity index (χ0n) is 11.4. The lowest BCUT2D eigenvalue weighted by Gasteiger charge is -2.20. The third-order valence-corrected chi connectivity index (χ3v) is 2.87. The quantitative estimate of drug-likeness (QED) is 0.463. The van der Waals surface area contributed by atoms with E-state index < -0.39 is 5.92 Å². The Labute approximate surface area is 112 Å². The van der Waals surface area contributed by atoms with Crippen molar-refractivity contribution in [1.29, 1.82) is 0 Å². The van der Waals surface area contributed by atoms with Crippen LogP contribution in [0, 0.1) is 10.1 Å². The second-order valence-electron chi connectivity index (χ2n) is 4.42. The Morgan fingerprint density at radius 1 is 1.37 bits per heavy atom. The Morgan fingerprint density at radius 3 is 2.37 bits per heavy atom. The highest BCUT2D eigenvalue weighted by Crippen LogP contribution is 2.25. The molecule has 5 heteroatoms. The summed E-state index contributed by atoms with van der Waals surface area (Å²) < 4.78 is 0. The number of allylic oxidation sites excluding steroid dienone is 1. The molecule has 0 bridgehead atoms. The number of hydrogen-bond donors (Lipinski definition) is 0. The summed E-state index contributed by atoms with van der Waals surface area (Å²) in [5, 5.41) is 10.8. The molecule has 19 heavy (non-hydrogen) atoms. The van der Waals surface area contributed by atoms with E-state index in [9.17, 15) is 14.9 Å².